The van der Waals surface area contributed by atoms with Gasteiger partial charge in [0.2, 0.25) is 0 Å². The Morgan fingerprint density at radius 2 is 1.33 bits per heavy atom. The molecule has 0 fully saturated rings. The summed E-state index contributed by atoms with van der Waals surface area (Å²) < 4.78 is 0. The van der Waals surface area contributed by atoms with Gasteiger partial charge in [0.25, 0.3) is 0 Å². The van der Waals surface area contributed by atoms with E-state index in [2.05, 4.69) is 61.5 Å². The number of benzene rings is 1. The Labute approximate surface area is 222 Å². The molecule has 1 atom stereocenters. The minimum absolute atomic E-state index is 0. The molecule has 1 aliphatic carbocycles. The first kappa shape index (κ1) is 35.1. The van der Waals surface area contributed by atoms with Gasteiger partial charge in [-0.15, -0.1) is 0 Å². The van der Waals surface area contributed by atoms with Gasteiger partial charge in [0, 0.05) is 0 Å². The zero-order chi connectivity index (χ0) is 19.4. The fraction of sp³-hybridized carbons (Fsp3) is 0.600. The molecule has 0 radical (unpaired) electrons. The summed E-state index contributed by atoms with van der Waals surface area (Å²) in [5.41, 5.74) is 10.9. The van der Waals surface area contributed by atoms with Gasteiger partial charge in [-0.2, -0.15) is 5.20 Å². The molecule has 0 heterocycles. The number of rotatable bonds is 8. The maximum atomic E-state index is 3.93. The number of halogens is 3. The van der Waals surface area contributed by atoms with Crippen molar-refractivity contribution in [3.8, 4) is 0 Å². The third-order valence-corrected chi connectivity index (χ3v) is 9.12. The minimum atomic E-state index is -0.419. The van der Waals surface area contributed by atoms with Crippen molar-refractivity contribution >= 4 is 14.7 Å². The molecule has 168 valence electrons. The molecule has 0 saturated carbocycles. The summed E-state index contributed by atoms with van der Waals surface area (Å²) in [5.74, 6) is 0.668. The van der Waals surface area contributed by atoms with Gasteiger partial charge in [-0.1, -0.05) is 70.4 Å². The molecule has 1 aromatic rings. The van der Waals surface area contributed by atoms with E-state index in [1.54, 1.807) is 32.7 Å². The van der Waals surface area contributed by atoms with Crippen molar-refractivity contribution in [2.45, 2.75) is 93.9 Å². The van der Waals surface area contributed by atoms with Crippen molar-refractivity contribution < 1.29 is 58.9 Å². The summed E-state index contributed by atoms with van der Waals surface area (Å²) in [5, 5.41) is 3.34. The molecular weight excluding hydrogens is 483 g/mol. The average molecular weight is 522 g/mol. The predicted molar refractivity (Wildman–Crippen MR) is 120 cm³/mol. The molecule has 5 heteroatoms. The Bertz CT molecular complexity index is 709. The number of unbranched alkanes of at least 4 members (excludes halogenated alkanes) is 2. The predicted octanol–water partition coefficient (Wildman–Crippen LogP) is -2.95. The summed E-state index contributed by atoms with van der Waals surface area (Å²) >= 11 is 0. The van der Waals surface area contributed by atoms with Crippen molar-refractivity contribution in [3.63, 3.8) is 0 Å². The maximum Gasteiger partial charge on any atom is 4.00 e. The molecule has 30 heavy (non-hydrogen) atoms. The maximum absolute atomic E-state index is 3.93. The van der Waals surface area contributed by atoms with Gasteiger partial charge in [-0.3, -0.25) is 6.08 Å². The third kappa shape index (κ3) is 8.13. The van der Waals surface area contributed by atoms with Crippen LogP contribution in [0.3, 0.4) is 0 Å². The summed E-state index contributed by atoms with van der Waals surface area (Å²) in [4.78, 5) is 0. The second kappa shape index (κ2) is 16.2. The van der Waals surface area contributed by atoms with E-state index in [4.69, 9.17) is 0 Å². The third-order valence-electron chi connectivity index (χ3n) is 6.85. The zero-order valence-corrected chi connectivity index (χ0v) is 25.4. The van der Waals surface area contributed by atoms with Crippen LogP contribution in [0, 0.1) is 46.6 Å². The SMILES string of the molecule is CCCCCC1=C(C(C)CC)[C-]=C([SiH2]c2c(C)c(C)c(C)c(C)c2C)C1.[Cl-].[Cl-].[Cl-].[Ti+4]. The number of hydrogen-bond donors (Lipinski definition) is 0. The van der Waals surface area contributed by atoms with E-state index in [1.807, 2.05) is 0 Å². The zero-order valence-electron chi connectivity index (χ0n) is 20.2. The molecule has 0 N–H and O–H groups in total. The van der Waals surface area contributed by atoms with Crippen LogP contribution in [-0.2, 0) is 21.7 Å². The van der Waals surface area contributed by atoms with Gasteiger partial charge >= 0.3 is 21.7 Å². The van der Waals surface area contributed by atoms with Gasteiger partial charge in [0.15, 0.2) is 0 Å². The molecule has 0 aliphatic heterocycles. The van der Waals surface area contributed by atoms with Crippen LogP contribution >= 0.6 is 0 Å². The molecular formula is C25H39Cl3SiTi. The van der Waals surface area contributed by atoms with E-state index >= 15 is 0 Å². The Morgan fingerprint density at radius 1 is 0.833 bits per heavy atom. The summed E-state index contributed by atoms with van der Waals surface area (Å²) in [6.45, 7) is 18.6. The fourth-order valence-corrected chi connectivity index (χ4v) is 6.52. The Hall–Kier alpha value is 0.501. The van der Waals surface area contributed by atoms with E-state index in [0.29, 0.717) is 5.92 Å². The topological polar surface area (TPSA) is 0 Å². The first-order chi connectivity index (χ1) is 12.3. The van der Waals surface area contributed by atoms with E-state index in [0.717, 1.165) is 0 Å². The first-order valence-corrected chi connectivity index (χ1v) is 12.1. The fourth-order valence-electron chi connectivity index (χ4n) is 4.33. The van der Waals surface area contributed by atoms with E-state index < -0.39 is 9.52 Å². The molecule has 0 spiro atoms. The quantitative estimate of drug-likeness (QED) is 0.195. The summed E-state index contributed by atoms with van der Waals surface area (Å²) in [6.07, 6.45) is 11.7. The van der Waals surface area contributed by atoms with Crippen molar-refractivity contribution in [1.82, 2.24) is 0 Å². The van der Waals surface area contributed by atoms with Gasteiger partial charge < -0.3 is 37.2 Å². The summed E-state index contributed by atoms with van der Waals surface area (Å²) in [6, 6.07) is 0. The normalized spacial score (nSPS) is 13.9. The van der Waals surface area contributed by atoms with Gasteiger partial charge in [0.1, 0.15) is 0 Å². The van der Waals surface area contributed by atoms with Crippen LogP contribution < -0.4 is 42.4 Å². The van der Waals surface area contributed by atoms with Crippen molar-refractivity contribution in [2.24, 2.45) is 5.92 Å². The largest absolute Gasteiger partial charge is 4.00 e. The van der Waals surface area contributed by atoms with Crippen LogP contribution in [-0.4, -0.2) is 9.52 Å². The average Bonchev–Trinajstić information content (AvgIpc) is 3.04. The monoisotopic (exact) mass is 520 g/mol. The van der Waals surface area contributed by atoms with Crippen molar-refractivity contribution in [3.05, 3.63) is 50.2 Å². The van der Waals surface area contributed by atoms with E-state index in [9.17, 15) is 0 Å². The van der Waals surface area contributed by atoms with Crippen LogP contribution in [0.1, 0.15) is 87.1 Å². The van der Waals surface area contributed by atoms with Crippen LogP contribution in [0.25, 0.3) is 0 Å². The van der Waals surface area contributed by atoms with Gasteiger partial charge in [-0.05, 0) is 62.4 Å². The van der Waals surface area contributed by atoms with Crippen LogP contribution in [0.5, 0.6) is 0 Å². The van der Waals surface area contributed by atoms with E-state index in [1.165, 1.54) is 55.2 Å². The van der Waals surface area contributed by atoms with Crippen LogP contribution in [0.2, 0.25) is 0 Å². The van der Waals surface area contributed by atoms with Crippen LogP contribution in [0.15, 0.2) is 16.3 Å². The molecule has 1 aromatic carbocycles. The van der Waals surface area contributed by atoms with E-state index in [-0.39, 0.29) is 58.9 Å². The molecule has 0 nitrogen and oxygen atoms in total. The Morgan fingerprint density at radius 3 is 1.80 bits per heavy atom. The number of allylic oxidation sites excluding steroid dienone is 4. The van der Waals surface area contributed by atoms with Crippen LogP contribution in [0.4, 0.5) is 0 Å². The standard InChI is InChI=1S/C25H39Si.3ClH.Ti/c1-9-11-12-13-22-14-23(15-24(22)16(3)10-2)26-25-20(7)18(5)17(4)19(6)21(25)8;;;;/h16H,9-14,26H2,1-8H3;3*1H;/q-1;;;;+4/p-3. The smallest absolute Gasteiger partial charge is 1.00 e. The second-order valence-electron chi connectivity index (χ2n) is 8.47. The molecule has 1 unspecified atom stereocenters. The molecule has 0 aromatic heterocycles. The Balaban J connectivity index is -0.00000182. The van der Waals surface area contributed by atoms with Crippen molar-refractivity contribution in [1.29, 1.82) is 0 Å². The molecule has 2 rings (SSSR count). The summed E-state index contributed by atoms with van der Waals surface area (Å²) in [7, 11) is -0.419. The molecule has 1 aliphatic rings. The first-order valence-electron chi connectivity index (χ1n) is 10.7. The van der Waals surface area contributed by atoms with Gasteiger partial charge in [0.05, 0.1) is 9.52 Å². The minimum Gasteiger partial charge on any atom is -1.00 e. The molecule has 0 saturated heterocycles. The molecule has 0 bridgehead atoms. The van der Waals surface area contributed by atoms with Crippen molar-refractivity contribution in [2.75, 3.05) is 0 Å². The number of hydrogen-bond acceptors (Lipinski definition) is 0. The van der Waals surface area contributed by atoms with Gasteiger partial charge in [-0.25, -0.2) is 11.1 Å². The Kier molecular flexibility index (Phi) is 18.9. The molecule has 0 amide bonds. The second-order valence-corrected chi connectivity index (χ2v) is 10.4.